The maximum atomic E-state index is 14.9. The van der Waals surface area contributed by atoms with Crippen molar-refractivity contribution < 1.29 is 41.7 Å². The molecule has 0 aliphatic carbocycles. The number of alkyl halides is 4. The average Bonchev–Trinajstić information content (AvgIpc) is 3.55. The molecule has 16 heteroatoms. The smallest absolute Gasteiger partial charge is 0.406 e. The number of piperidine rings is 1. The van der Waals surface area contributed by atoms with Crippen LogP contribution in [0.25, 0.3) is 10.9 Å². The van der Waals surface area contributed by atoms with Crippen molar-refractivity contribution in [2.24, 2.45) is 5.92 Å². The van der Waals surface area contributed by atoms with Crippen LogP contribution in [0.4, 0.5) is 34.6 Å². The van der Waals surface area contributed by atoms with E-state index in [0.717, 1.165) is 15.8 Å². The number of rotatable bonds is 13. The fourth-order valence-electron chi connectivity index (χ4n) is 8.19. The van der Waals surface area contributed by atoms with E-state index in [9.17, 15) is 32.3 Å². The number of hydrogen-bond acceptors (Lipinski definition) is 9. The van der Waals surface area contributed by atoms with E-state index in [4.69, 9.17) is 9.47 Å². The Labute approximate surface area is 360 Å². The summed E-state index contributed by atoms with van der Waals surface area (Å²) in [6.45, 7) is 7.32. The number of halogens is 4. The number of ether oxygens (including phenoxy) is 2. The average molecular weight is 864 g/mol. The highest BCUT2D eigenvalue weighted by Crippen LogP contribution is 2.34. The second kappa shape index (κ2) is 19.2. The summed E-state index contributed by atoms with van der Waals surface area (Å²) >= 11 is 0. The normalized spacial score (nSPS) is 19.8. The standard InChI is InChI=1S/C46H57F4N7O5/c1-28(2)42-44(60)53-31(25-58)20-29-13-15-33(23-40(29)56(42)6)62-45(3,4)26-52-43(59)30-14-16-41(61-7)38(21-30)51-18-9-10-32-22-34-36(54-37-17-19-55(5)24-35(37)47)11-8-12-39(34)57(32)27-46(48,49)50/h8,11-16,21-23,28,31,35,37,42,51,54,58H,17-20,24-27H2,1-7H3,(H,52,59)(H,53,60)/t31-,35-,37+,42-/m0/s1. The molecule has 1 fully saturated rings. The molecule has 5 N–H and O–H groups in total. The second-order valence-corrected chi connectivity index (χ2v) is 17.1. The van der Waals surface area contributed by atoms with Gasteiger partial charge in [0.05, 0.1) is 55.8 Å². The van der Waals surface area contributed by atoms with Gasteiger partial charge in [-0.25, -0.2) is 4.39 Å². The van der Waals surface area contributed by atoms with Crippen molar-refractivity contribution >= 4 is 39.8 Å². The lowest BCUT2D eigenvalue weighted by Crippen LogP contribution is -2.54. The molecule has 2 aliphatic heterocycles. The molecule has 0 radical (unpaired) electrons. The van der Waals surface area contributed by atoms with Crippen molar-refractivity contribution in [2.45, 2.75) is 83.2 Å². The third-order valence-electron chi connectivity index (χ3n) is 11.3. The number of nitrogens with zero attached hydrogens (tertiary/aromatic N) is 3. The number of likely N-dealkylation sites (tertiary alicyclic amines) is 1. The van der Waals surface area contributed by atoms with Gasteiger partial charge >= 0.3 is 6.18 Å². The molecular formula is C46H57F4N7O5. The summed E-state index contributed by atoms with van der Waals surface area (Å²) in [7, 11) is 5.20. The van der Waals surface area contributed by atoms with E-state index in [1.54, 1.807) is 42.5 Å². The largest absolute Gasteiger partial charge is 0.495 e. The van der Waals surface area contributed by atoms with Crippen molar-refractivity contribution in [3.05, 3.63) is 77.5 Å². The van der Waals surface area contributed by atoms with Crippen molar-refractivity contribution in [1.82, 2.24) is 20.1 Å². The predicted octanol–water partition coefficient (Wildman–Crippen LogP) is 6.21. The molecule has 1 saturated heterocycles. The van der Waals surface area contributed by atoms with Gasteiger partial charge in [0.2, 0.25) is 5.91 Å². The van der Waals surface area contributed by atoms with Crippen LogP contribution in [0.15, 0.2) is 60.7 Å². The Morgan fingerprint density at radius 3 is 2.53 bits per heavy atom. The number of amides is 2. The summed E-state index contributed by atoms with van der Waals surface area (Å²) in [5.74, 6) is 6.25. The highest BCUT2D eigenvalue weighted by molar-refractivity contribution is 5.96. The molecule has 0 saturated carbocycles. The van der Waals surface area contributed by atoms with Crippen LogP contribution in [0.5, 0.6) is 11.5 Å². The molecule has 2 amide bonds. The topological polar surface area (TPSA) is 132 Å². The van der Waals surface area contributed by atoms with Gasteiger partial charge in [-0.3, -0.25) is 9.59 Å². The first kappa shape index (κ1) is 45.9. The van der Waals surface area contributed by atoms with Gasteiger partial charge in [-0.05, 0) is 93.6 Å². The van der Waals surface area contributed by atoms with Crippen LogP contribution in [-0.4, -0.2) is 116 Å². The molecule has 0 bridgehead atoms. The number of carbonyl (C=O) groups is 2. The van der Waals surface area contributed by atoms with Gasteiger partial charge in [0.25, 0.3) is 5.91 Å². The fraction of sp³-hybridized carbons (Fsp3) is 0.478. The van der Waals surface area contributed by atoms with Gasteiger partial charge in [-0.15, -0.1) is 0 Å². The van der Waals surface area contributed by atoms with E-state index in [0.29, 0.717) is 58.7 Å². The van der Waals surface area contributed by atoms with Gasteiger partial charge in [0, 0.05) is 48.5 Å². The number of aliphatic hydroxyl groups is 1. The van der Waals surface area contributed by atoms with Gasteiger partial charge in [0.15, 0.2) is 0 Å². The highest BCUT2D eigenvalue weighted by Gasteiger charge is 2.34. The minimum atomic E-state index is -4.52. The molecule has 4 atom stereocenters. The van der Waals surface area contributed by atoms with E-state index < -0.39 is 42.6 Å². The lowest BCUT2D eigenvalue weighted by atomic mass is 9.95. The van der Waals surface area contributed by atoms with Gasteiger partial charge in [-0.1, -0.05) is 31.9 Å². The number of anilines is 3. The van der Waals surface area contributed by atoms with E-state index in [2.05, 4.69) is 33.1 Å². The number of fused-ring (bicyclic) bond motifs is 2. The molecule has 2 aliphatic rings. The molecule has 4 aromatic rings. The Morgan fingerprint density at radius 1 is 1.06 bits per heavy atom. The number of hydrogen-bond donors (Lipinski definition) is 5. The highest BCUT2D eigenvalue weighted by atomic mass is 19.4. The summed E-state index contributed by atoms with van der Waals surface area (Å²) in [5, 5.41) is 22.7. The Hall–Kier alpha value is -5.66. The molecule has 0 spiro atoms. The number of aromatic nitrogens is 1. The molecule has 334 valence electrons. The van der Waals surface area contributed by atoms with Crippen LogP contribution in [0.1, 0.15) is 55.7 Å². The van der Waals surface area contributed by atoms with Crippen LogP contribution < -0.4 is 35.6 Å². The lowest BCUT2D eigenvalue weighted by Gasteiger charge is -2.37. The van der Waals surface area contributed by atoms with Crippen molar-refractivity contribution in [3.63, 3.8) is 0 Å². The zero-order chi connectivity index (χ0) is 44.9. The number of carbonyl (C=O) groups excluding carboxylic acids is 2. The minimum Gasteiger partial charge on any atom is -0.495 e. The molecule has 62 heavy (non-hydrogen) atoms. The number of methoxy groups -OCH3 is 1. The lowest BCUT2D eigenvalue weighted by molar-refractivity contribution is -0.140. The Morgan fingerprint density at radius 2 is 1.84 bits per heavy atom. The molecule has 3 aromatic carbocycles. The molecule has 6 rings (SSSR count). The van der Waals surface area contributed by atoms with E-state index in [1.165, 1.54) is 7.11 Å². The number of aliphatic hydroxyl groups excluding tert-OH is 1. The van der Waals surface area contributed by atoms with E-state index >= 15 is 0 Å². The summed E-state index contributed by atoms with van der Waals surface area (Å²) in [4.78, 5) is 30.4. The first-order valence-corrected chi connectivity index (χ1v) is 20.8. The second-order valence-electron chi connectivity index (χ2n) is 17.1. The van der Waals surface area contributed by atoms with Crippen molar-refractivity contribution in [2.75, 3.05) is 69.5 Å². The van der Waals surface area contributed by atoms with Gasteiger partial charge in [-0.2, -0.15) is 13.2 Å². The van der Waals surface area contributed by atoms with Crippen LogP contribution in [-0.2, 0) is 17.8 Å². The molecule has 0 unspecified atom stereocenters. The SMILES string of the molecule is COc1ccc(C(=O)NCC(C)(C)Oc2ccc3c(c2)N(C)[C@@H](C(C)C)C(=O)N[C@H](CO)C3)cc1NCC#Cc1cc2c(N[C@@H]3CCN(C)C[C@@H]3F)cccc2n1CC(F)(F)F. The summed E-state index contributed by atoms with van der Waals surface area (Å²) in [6, 6.07) is 15.7. The molecule has 3 heterocycles. The summed E-state index contributed by atoms with van der Waals surface area (Å²) < 4.78 is 69.4. The fourth-order valence-corrected chi connectivity index (χ4v) is 8.19. The first-order chi connectivity index (χ1) is 29.4. The summed E-state index contributed by atoms with van der Waals surface area (Å²) in [5.41, 5.74) is 2.72. The number of likely N-dealkylation sites (N-methyl/N-ethyl adjacent to an activating group) is 1. The zero-order valence-corrected chi connectivity index (χ0v) is 36.3. The maximum Gasteiger partial charge on any atom is 0.406 e. The number of nitrogens with one attached hydrogen (secondary N) is 4. The van der Waals surface area contributed by atoms with E-state index in [1.807, 2.05) is 69.8 Å². The van der Waals surface area contributed by atoms with Crippen LogP contribution >= 0.6 is 0 Å². The zero-order valence-electron chi connectivity index (χ0n) is 36.3. The number of benzene rings is 3. The van der Waals surface area contributed by atoms with Gasteiger partial charge < -0.3 is 50.2 Å². The summed E-state index contributed by atoms with van der Waals surface area (Å²) in [6.07, 6.45) is -4.64. The van der Waals surface area contributed by atoms with Crippen LogP contribution in [0.2, 0.25) is 0 Å². The monoisotopic (exact) mass is 863 g/mol. The Balaban J connectivity index is 1.13. The predicted molar refractivity (Wildman–Crippen MR) is 234 cm³/mol. The Kier molecular flexibility index (Phi) is 14.2. The van der Waals surface area contributed by atoms with E-state index in [-0.39, 0.29) is 49.7 Å². The van der Waals surface area contributed by atoms with Gasteiger partial charge in [0.1, 0.15) is 35.9 Å². The van der Waals surface area contributed by atoms with Crippen LogP contribution in [0, 0.1) is 17.8 Å². The maximum absolute atomic E-state index is 14.9. The van der Waals surface area contributed by atoms with Crippen molar-refractivity contribution in [3.8, 4) is 23.3 Å². The molecular weight excluding hydrogens is 807 g/mol. The molecule has 1 aromatic heterocycles. The van der Waals surface area contributed by atoms with Crippen molar-refractivity contribution in [1.29, 1.82) is 0 Å². The van der Waals surface area contributed by atoms with Crippen LogP contribution in [0.3, 0.4) is 0 Å². The minimum absolute atomic E-state index is 0.00577. The Bertz CT molecular complexity index is 2300. The third-order valence-corrected chi connectivity index (χ3v) is 11.3. The third kappa shape index (κ3) is 11.0. The molecule has 12 nitrogen and oxygen atoms in total. The first-order valence-electron chi connectivity index (χ1n) is 20.8. The quantitative estimate of drug-likeness (QED) is 0.0787.